The number of piperidine rings is 1. The molecule has 1 saturated heterocycles. The minimum absolute atomic E-state index is 0. The SMILES string of the molecule is Cl.NC1CCCN(S(=O)(=O)c2cc(Br)ccc2F)C1. The Morgan fingerprint density at radius 1 is 1.42 bits per heavy atom. The number of nitrogens with two attached hydrogens (primary N) is 1. The summed E-state index contributed by atoms with van der Waals surface area (Å²) in [5.74, 6) is -0.739. The molecule has 1 aromatic rings. The Bertz CT molecular complexity index is 556. The van der Waals surface area contributed by atoms with Crippen molar-refractivity contribution in [3.8, 4) is 0 Å². The van der Waals surface area contributed by atoms with Crippen LogP contribution in [-0.2, 0) is 10.0 Å². The molecule has 8 heteroatoms. The van der Waals surface area contributed by atoms with Crippen LogP contribution >= 0.6 is 28.3 Å². The Morgan fingerprint density at radius 2 is 2.11 bits per heavy atom. The molecule has 0 aliphatic carbocycles. The van der Waals surface area contributed by atoms with Crippen molar-refractivity contribution in [2.45, 2.75) is 23.8 Å². The van der Waals surface area contributed by atoms with Gasteiger partial charge in [-0.2, -0.15) is 4.31 Å². The molecule has 1 heterocycles. The molecule has 1 aliphatic rings. The number of rotatable bonds is 2. The van der Waals surface area contributed by atoms with Gasteiger partial charge in [0.15, 0.2) is 0 Å². The minimum Gasteiger partial charge on any atom is -0.327 e. The highest BCUT2D eigenvalue weighted by molar-refractivity contribution is 9.10. The first-order valence-corrected chi connectivity index (χ1v) is 7.85. The molecule has 4 nitrogen and oxygen atoms in total. The van der Waals surface area contributed by atoms with Crippen molar-refractivity contribution in [3.63, 3.8) is 0 Å². The van der Waals surface area contributed by atoms with Gasteiger partial charge >= 0.3 is 0 Å². The Labute approximate surface area is 126 Å². The fourth-order valence-electron chi connectivity index (χ4n) is 2.01. The predicted octanol–water partition coefficient (Wildman–Crippen LogP) is 2.12. The van der Waals surface area contributed by atoms with Crippen LogP contribution in [0.25, 0.3) is 0 Å². The van der Waals surface area contributed by atoms with Crippen LogP contribution in [-0.4, -0.2) is 31.9 Å². The van der Waals surface area contributed by atoms with Gasteiger partial charge in [-0.25, -0.2) is 12.8 Å². The quantitative estimate of drug-likeness (QED) is 0.864. The van der Waals surface area contributed by atoms with Gasteiger partial charge in [0.1, 0.15) is 10.7 Å². The highest BCUT2D eigenvalue weighted by atomic mass is 79.9. The van der Waals surface area contributed by atoms with Crippen molar-refractivity contribution in [2.24, 2.45) is 5.73 Å². The van der Waals surface area contributed by atoms with E-state index in [4.69, 9.17) is 5.73 Å². The lowest BCUT2D eigenvalue weighted by molar-refractivity contribution is 0.315. The number of hydrogen-bond acceptors (Lipinski definition) is 3. The maximum Gasteiger partial charge on any atom is 0.246 e. The predicted molar refractivity (Wildman–Crippen MR) is 77.3 cm³/mol. The zero-order valence-corrected chi connectivity index (χ0v) is 13.3. The van der Waals surface area contributed by atoms with E-state index in [-0.39, 0.29) is 29.9 Å². The summed E-state index contributed by atoms with van der Waals surface area (Å²) in [7, 11) is -3.80. The number of sulfonamides is 1. The summed E-state index contributed by atoms with van der Waals surface area (Å²) in [4.78, 5) is -0.300. The molecule has 0 bridgehead atoms. The molecule has 1 aliphatic heterocycles. The van der Waals surface area contributed by atoms with E-state index in [1.54, 1.807) is 0 Å². The third-order valence-electron chi connectivity index (χ3n) is 2.93. The summed E-state index contributed by atoms with van der Waals surface area (Å²) in [5, 5.41) is 0. The molecule has 19 heavy (non-hydrogen) atoms. The van der Waals surface area contributed by atoms with Gasteiger partial charge in [0, 0.05) is 23.6 Å². The van der Waals surface area contributed by atoms with Crippen LogP contribution in [0, 0.1) is 5.82 Å². The smallest absolute Gasteiger partial charge is 0.246 e. The molecular weight excluding hydrogens is 359 g/mol. The molecule has 1 unspecified atom stereocenters. The van der Waals surface area contributed by atoms with E-state index in [1.165, 1.54) is 16.4 Å². The second kappa shape index (κ2) is 6.49. The standard InChI is InChI=1S/C11H14BrFN2O2S.ClH/c12-8-3-4-10(13)11(6-8)18(16,17)15-5-1-2-9(14)7-15;/h3-4,6,9H,1-2,5,7,14H2;1H. The fraction of sp³-hybridized carbons (Fsp3) is 0.455. The van der Waals surface area contributed by atoms with E-state index in [1.807, 2.05) is 0 Å². The highest BCUT2D eigenvalue weighted by Crippen LogP contribution is 2.25. The maximum atomic E-state index is 13.7. The molecule has 0 amide bonds. The van der Waals surface area contributed by atoms with E-state index in [0.29, 0.717) is 17.4 Å². The van der Waals surface area contributed by atoms with Crippen molar-refractivity contribution in [1.82, 2.24) is 4.31 Å². The first-order chi connectivity index (χ1) is 8.41. The van der Waals surface area contributed by atoms with Crippen LogP contribution in [0.4, 0.5) is 4.39 Å². The molecule has 108 valence electrons. The molecule has 1 atom stereocenters. The van der Waals surface area contributed by atoms with Gasteiger partial charge in [-0.3, -0.25) is 0 Å². The molecule has 0 saturated carbocycles. The van der Waals surface area contributed by atoms with E-state index < -0.39 is 15.8 Å². The van der Waals surface area contributed by atoms with Crippen LogP contribution in [0.5, 0.6) is 0 Å². The van der Waals surface area contributed by atoms with Crippen LogP contribution in [0.15, 0.2) is 27.6 Å². The first-order valence-electron chi connectivity index (χ1n) is 5.62. The molecule has 0 aromatic heterocycles. The van der Waals surface area contributed by atoms with Gasteiger partial charge in [0.2, 0.25) is 10.0 Å². The first kappa shape index (κ1) is 16.8. The third kappa shape index (κ3) is 3.66. The average Bonchev–Trinajstić information content (AvgIpc) is 2.32. The van der Waals surface area contributed by atoms with E-state index in [2.05, 4.69) is 15.9 Å². The molecule has 0 spiro atoms. The number of benzene rings is 1. The van der Waals surface area contributed by atoms with Gasteiger partial charge in [0.25, 0.3) is 0 Å². The lowest BCUT2D eigenvalue weighted by Gasteiger charge is -2.29. The van der Waals surface area contributed by atoms with Crippen molar-refractivity contribution in [3.05, 3.63) is 28.5 Å². The molecular formula is C11H15BrClFN2O2S. The van der Waals surface area contributed by atoms with Gasteiger partial charge in [0.05, 0.1) is 0 Å². The number of nitrogens with zero attached hydrogens (tertiary/aromatic N) is 1. The van der Waals surface area contributed by atoms with Crippen LogP contribution in [0.3, 0.4) is 0 Å². The summed E-state index contributed by atoms with van der Waals surface area (Å²) in [6, 6.07) is 3.71. The normalized spacial score (nSPS) is 20.9. The van der Waals surface area contributed by atoms with Crippen LogP contribution < -0.4 is 5.73 Å². The van der Waals surface area contributed by atoms with Gasteiger partial charge in [-0.15, -0.1) is 12.4 Å². The molecule has 1 fully saturated rings. The lowest BCUT2D eigenvalue weighted by Crippen LogP contribution is -2.45. The molecule has 2 rings (SSSR count). The summed E-state index contributed by atoms with van der Waals surface area (Å²) in [5.41, 5.74) is 5.76. The van der Waals surface area contributed by atoms with Gasteiger partial charge in [-0.05, 0) is 31.0 Å². The molecule has 0 radical (unpaired) electrons. The average molecular weight is 374 g/mol. The summed E-state index contributed by atoms with van der Waals surface area (Å²) in [6.45, 7) is 0.635. The van der Waals surface area contributed by atoms with E-state index in [0.717, 1.165) is 12.5 Å². The summed E-state index contributed by atoms with van der Waals surface area (Å²) >= 11 is 3.15. The van der Waals surface area contributed by atoms with E-state index in [9.17, 15) is 12.8 Å². The van der Waals surface area contributed by atoms with E-state index >= 15 is 0 Å². The highest BCUT2D eigenvalue weighted by Gasteiger charge is 2.31. The largest absolute Gasteiger partial charge is 0.327 e. The Morgan fingerprint density at radius 3 is 2.74 bits per heavy atom. The van der Waals surface area contributed by atoms with Crippen molar-refractivity contribution in [1.29, 1.82) is 0 Å². The Kier molecular flexibility index (Phi) is 5.76. The topological polar surface area (TPSA) is 63.4 Å². The Balaban J connectivity index is 0.00000180. The van der Waals surface area contributed by atoms with Gasteiger partial charge < -0.3 is 5.73 Å². The number of halogens is 3. The second-order valence-corrected chi connectivity index (χ2v) is 7.16. The Hall–Kier alpha value is -0.210. The van der Waals surface area contributed by atoms with Crippen LogP contribution in [0.1, 0.15) is 12.8 Å². The zero-order chi connectivity index (χ0) is 13.3. The summed E-state index contributed by atoms with van der Waals surface area (Å²) in [6.07, 6.45) is 1.50. The van der Waals surface area contributed by atoms with Crippen molar-refractivity contribution >= 4 is 38.4 Å². The zero-order valence-electron chi connectivity index (χ0n) is 10.1. The van der Waals surface area contributed by atoms with Gasteiger partial charge in [-0.1, -0.05) is 15.9 Å². The van der Waals surface area contributed by atoms with Crippen LogP contribution in [0.2, 0.25) is 0 Å². The monoisotopic (exact) mass is 372 g/mol. The fourth-order valence-corrected chi connectivity index (χ4v) is 4.14. The third-order valence-corrected chi connectivity index (χ3v) is 5.31. The minimum atomic E-state index is -3.80. The van der Waals surface area contributed by atoms with Crippen molar-refractivity contribution in [2.75, 3.05) is 13.1 Å². The lowest BCUT2D eigenvalue weighted by atomic mass is 10.1. The number of hydrogen-bond donors (Lipinski definition) is 1. The summed E-state index contributed by atoms with van der Waals surface area (Å²) < 4.78 is 40.1. The molecule has 2 N–H and O–H groups in total. The second-order valence-electron chi connectivity index (χ2n) is 4.34. The molecule has 1 aromatic carbocycles. The van der Waals surface area contributed by atoms with Crippen molar-refractivity contribution < 1.29 is 12.8 Å². The maximum absolute atomic E-state index is 13.7.